The maximum absolute atomic E-state index is 13.1. The van der Waals surface area contributed by atoms with E-state index in [2.05, 4.69) is 0 Å². The minimum Gasteiger partial charge on any atom is -0.394 e. The summed E-state index contributed by atoms with van der Waals surface area (Å²) in [5.74, 6) is -3.21. The topological polar surface area (TPSA) is 46.2 Å². The van der Waals surface area contributed by atoms with E-state index >= 15 is 0 Å². The van der Waals surface area contributed by atoms with Crippen molar-refractivity contribution in [2.24, 2.45) is 5.73 Å². The number of hydrogen-bond acceptors (Lipinski definition) is 2. The van der Waals surface area contributed by atoms with E-state index in [4.69, 9.17) is 10.8 Å². The third-order valence-electron chi connectivity index (χ3n) is 1.91. The van der Waals surface area contributed by atoms with Crippen LogP contribution in [0, 0.1) is 17.5 Å². The van der Waals surface area contributed by atoms with Crippen LogP contribution < -0.4 is 5.73 Å². The molecule has 0 bridgehead atoms. The van der Waals surface area contributed by atoms with E-state index in [1.807, 2.05) is 0 Å². The van der Waals surface area contributed by atoms with E-state index in [1.165, 1.54) is 6.92 Å². The van der Waals surface area contributed by atoms with Gasteiger partial charge in [0.2, 0.25) is 0 Å². The number of hydrogen-bond donors (Lipinski definition) is 2. The van der Waals surface area contributed by atoms with Gasteiger partial charge in [-0.15, -0.1) is 0 Å². The Morgan fingerprint density at radius 3 is 2.07 bits per heavy atom. The van der Waals surface area contributed by atoms with Crippen LogP contribution in [0.4, 0.5) is 13.2 Å². The second-order valence-electron chi connectivity index (χ2n) is 3.32. The Morgan fingerprint density at radius 2 is 1.71 bits per heavy atom. The van der Waals surface area contributed by atoms with E-state index < -0.39 is 35.2 Å². The molecule has 0 aromatic heterocycles. The van der Waals surface area contributed by atoms with E-state index in [0.29, 0.717) is 12.1 Å². The standard InChI is InChI=1S/C9H10F3NO/c1-9(13,4-14)8-6(11)2-5(10)3-7(8)12/h2-3,14H,4,13H2,1H3. The average molecular weight is 205 g/mol. The number of benzene rings is 1. The van der Waals surface area contributed by atoms with Crippen molar-refractivity contribution in [1.82, 2.24) is 0 Å². The molecule has 0 saturated heterocycles. The predicted octanol–water partition coefficient (Wildman–Crippen LogP) is 1.27. The lowest BCUT2D eigenvalue weighted by Gasteiger charge is -2.23. The molecule has 0 spiro atoms. The van der Waals surface area contributed by atoms with Crippen LogP contribution in [0.15, 0.2) is 12.1 Å². The Hall–Kier alpha value is -1.07. The zero-order valence-electron chi connectivity index (χ0n) is 7.52. The summed E-state index contributed by atoms with van der Waals surface area (Å²) in [4.78, 5) is 0. The Labute approximate surface area is 79.2 Å². The van der Waals surface area contributed by atoms with Gasteiger partial charge in [-0.2, -0.15) is 0 Å². The fourth-order valence-electron chi connectivity index (χ4n) is 1.17. The molecule has 1 rings (SSSR count). The molecule has 14 heavy (non-hydrogen) atoms. The smallest absolute Gasteiger partial charge is 0.134 e. The molecule has 0 radical (unpaired) electrons. The van der Waals surface area contributed by atoms with Crippen LogP contribution in [0.2, 0.25) is 0 Å². The molecule has 3 N–H and O–H groups in total. The number of rotatable bonds is 2. The molecule has 2 nitrogen and oxygen atoms in total. The van der Waals surface area contributed by atoms with E-state index in [-0.39, 0.29) is 0 Å². The first-order valence-electron chi connectivity index (χ1n) is 3.93. The quantitative estimate of drug-likeness (QED) is 0.763. The van der Waals surface area contributed by atoms with Gasteiger partial charge < -0.3 is 10.8 Å². The normalized spacial score (nSPS) is 15.3. The van der Waals surface area contributed by atoms with Crippen molar-refractivity contribution in [3.05, 3.63) is 35.1 Å². The number of halogens is 3. The van der Waals surface area contributed by atoms with Crippen molar-refractivity contribution in [2.75, 3.05) is 6.61 Å². The van der Waals surface area contributed by atoms with Crippen LogP contribution in [0.25, 0.3) is 0 Å². The molecular formula is C9H10F3NO. The van der Waals surface area contributed by atoms with Crippen LogP contribution in [0.5, 0.6) is 0 Å². The summed E-state index contributed by atoms with van der Waals surface area (Å²) in [7, 11) is 0. The van der Waals surface area contributed by atoms with E-state index in [9.17, 15) is 13.2 Å². The first kappa shape index (κ1) is 11.0. The Bertz CT molecular complexity index is 329. The highest BCUT2D eigenvalue weighted by Gasteiger charge is 2.28. The molecule has 0 amide bonds. The zero-order chi connectivity index (χ0) is 10.9. The van der Waals surface area contributed by atoms with Crippen molar-refractivity contribution < 1.29 is 18.3 Å². The van der Waals surface area contributed by atoms with Crippen LogP contribution in [0.3, 0.4) is 0 Å². The second-order valence-corrected chi connectivity index (χ2v) is 3.32. The van der Waals surface area contributed by atoms with Gasteiger partial charge in [-0.1, -0.05) is 0 Å². The summed E-state index contributed by atoms with van der Waals surface area (Å²) >= 11 is 0. The van der Waals surface area contributed by atoms with E-state index in [0.717, 1.165) is 0 Å². The third kappa shape index (κ3) is 1.88. The fourth-order valence-corrected chi connectivity index (χ4v) is 1.17. The summed E-state index contributed by atoms with van der Waals surface area (Å²) in [5.41, 5.74) is 3.37. The Kier molecular flexibility index (Phi) is 2.82. The monoisotopic (exact) mass is 205 g/mol. The fraction of sp³-hybridized carbons (Fsp3) is 0.333. The Morgan fingerprint density at radius 1 is 1.29 bits per heavy atom. The molecule has 1 aromatic carbocycles. The molecule has 1 atom stereocenters. The van der Waals surface area contributed by atoms with Crippen molar-refractivity contribution in [3.8, 4) is 0 Å². The predicted molar refractivity (Wildman–Crippen MR) is 44.9 cm³/mol. The van der Waals surface area contributed by atoms with Crippen LogP contribution >= 0.6 is 0 Å². The van der Waals surface area contributed by atoms with Gasteiger partial charge in [0.05, 0.1) is 12.1 Å². The van der Waals surface area contributed by atoms with Crippen molar-refractivity contribution >= 4 is 0 Å². The van der Waals surface area contributed by atoms with Gasteiger partial charge in [-0.25, -0.2) is 13.2 Å². The number of aliphatic hydroxyl groups excluding tert-OH is 1. The average Bonchev–Trinajstić information content (AvgIpc) is 2.01. The lowest BCUT2D eigenvalue weighted by atomic mass is 9.93. The molecule has 78 valence electrons. The van der Waals surface area contributed by atoms with Gasteiger partial charge in [0.25, 0.3) is 0 Å². The van der Waals surface area contributed by atoms with Gasteiger partial charge in [-0.05, 0) is 6.92 Å². The summed E-state index contributed by atoms with van der Waals surface area (Å²) in [6.07, 6.45) is 0. The molecule has 0 heterocycles. The molecule has 0 aliphatic rings. The SMILES string of the molecule is CC(N)(CO)c1c(F)cc(F)cc1F. The molecule has 0 fully saturated rings. The van der Waals surface area contributed by atoms with Gasteiger partial charge in [-0.3, -0.25) is 0 Å². The summed E-state index contributed by atoms with van der Waals surface area (Å²) in [6, 6.07) is 1.05. The summed E-state index contributed by atoms with van der Waals surface area (Å²) in [5, 5.41) is 8.81. The number of aliphatic hydroxyl groups is 1. The summed E-state index contributed by atoms with van der Waals surface area (Å²) in [6.45, 7) is 0.624. The first-order valence-corrected chi connectivity index (χ1v) is 3.93. The molecule has 1 aromatic rings. The van der Waals surface area contributed by atoms with E-state index in [1.54, 1.807) is 0 Å². The molecule has 1 unspecified atom stereocenters. The van der Waals surface area contributed by atoms with Gasteiger partial charge in [0.1, 0.15) is 17.5 Å². The molecule has 0 aliphatic heterocycles. The van der Waals surface area contributed by atoms with Gasteiger partial charge in [0, 0.05) is 17.7 Å². The molecular weight excluding hydrogens is 195 g/mol. The maximum Gasteiger partial charge on any atom is 0.134 e. The highest BCUT2D eigenvalue weighted by atomic mass is 19.1. The van der Waals surface area contributed by atoms with Crippen LogP contribution in [0.1, 0.15) is 12.5 Å². The van der Waals surface area contributed by atoms with Crippen LogP contribution in [-0.2, 0) is 5.54 Å². The minimum atomic E-state index is -1.55. The van der Waals surface area contributed by atoms with Crippen LogP contribution in [-0.4, -0.2) is 11.7 Å². The molecule has 0 saturated carbocycles. The second kappa shape index (κ2) is 3.59. The summed E-state index contributed by atoms with van der Waals surface area (Å²) < 4.78 is 38.8. The lowest BCUT2D eigenvalue weighted by Crippen LogP contribution is -2.39. The first-order chi connectivity index (χ1) is 6.38. The highest BCUT2D eigenvalue weighted by Crippen LogP contribution is 2.24. The number of nitrogens with two attached hydrogens (primary N) is 1. The maximum atomic E-state index is 13.1. The molecule has 0 aliphatic carbocycles. The third-order valence-corrected chi connectivity index (χ3v) is 1.91. The van der Waals surface area contributed by atoms with Crippen molar-refractivity contribution in [1.29, 1.82) is 0 Å². The largest absolute Gasteiger partial charge is 0.394 e. The Balaban J connectivity index is 3.35. The van der Waals surface area contributed by atoms with Crippen molar-refractivity contribution in [2.45, 2.75) is 12.5 Å². The van der Waals surface area contributed by atoms with Gasteiger partial charge in [0.15, 0.2) is 0 Å². The van der Waals surface area contributed by atoms with Gasteiger partial charge >= 0.3 is 0 Å². The zero-order valence-corrected chi connectivity index (χ0v) is 7.52. The minimum absolute atomic E-state index is 0.513. The molecule has 5 heteroatoms. The lowest BCUT2D eigenvalue weighted by molar-refractivity contribution is 0.202. The van der Waals surface area contributed by atoms with Crippen molar-refractivity contribution in [3.63, 3.8) is 0 Å². The highest BCUT2D eigenvalue weighted by molar-refractivity contribution is 5.27.